The summed E-state index contributed by atoms with van der Waals surface area (Å²) in [5.74, 6) is -0.557. The molecule has 0 aromatic heterocycles. The normalized spacial score (nSPS) is 13.8. The number of quaternary nitrogens is 1. The highest BCUT2D eigenvalue weighted by molar-refractivity contribution is 7.47. The standard InChI is InChI=1S/C22H44NO6P/c1-6-7-8-9-10-11-12-13-14-15-16-23(4,5)17-18-28-30(25,26)29-20-19-27-22(24)21(2)3/h2,6-20H2,1,3-5H3/p+1. The Kier molecular flexibility index (Phi) is 16.5. The molecule has 8 heteroatoms. The second-order valence-electron chi connectivity index (χ2n) is 8.62. The number of carbonyl (C=O) groups excluding carboxylic acids is 1. The van der Waals surface area contributed by atoms with Crippen LogP contribution in [0.5, 0.6) is 0 Å². The van der Waals surface area contributed by atoms with Crippen LogP contribution in [0, 0.1) is 0 Å². The first-order valence-corrected chi connectivity index (χ1v) is 12.9. The fraction of sp³-hybridized carbons (Fsp3) is 0.864. The molecule has 0 saturated heterocycles. The van der Waals surface area contributed by atoms with Crippen molar-refractivity contribution in [1.82, 2.24) is 0 Å². The predicted molar refractivity (Wildman–Crippen MR) is 121 cm³/mol. The number of hydrogen-bond donors (Lipinski definition) is 1. The van der Waals surface area contributed by atoms with E-state index in [-0.39, 0.29) is 25.4 Å². The van der Waals surface area contributed by atoms with Gasteiger partial charge >= 0.3 is 13.8 Å². The zero-order chi connectivity index (χ0) is 22.9. The molecule has 0 rings (SSSR count). The molecule has 1 N–H and O–H groups in total. The largest absolute Gasteiger partial charge is 0.472 e. The lowest BCUT2D eigenvalue weighted by Crippen LogP contribution is -2.42. The lowest BCUT2D eigenvalue weighted by atomic mass is 10.1. The van der Waals surface area contributed by atoms with E-state index >= 15 is 0 Å². The van der Waals surface area contributed by atoms with Crippen LogP contribution < -0.4 is 0 Å². The van der Waals surface area contributed by atoms with Crippen LogP contribution in [0.4, 0.5) is 0 Å². The van der Waals surface area contributed by atoms with Crippen molar-refractivity contribution in [2.75, 3.05) is 47.0 Å². The van der Waals surface area contributed by atoms with Crippen LogP contribution in [0.2, 0.25) is 0 Å². The van der Waals surface area contributed by atoms with Gasteiger partial charge in [0, 0.05) is 5.57 Å². The average Bonchev–Trinajstić information content (AvgIpc) is 2.66. The van der Waals surface area contributed by atoms with E-state index in [1.165, 1.54) is 64.7 Å². The zero-order valence-electron chi connectivity index (χ0n) is 19.7. The van der Waals surface area contributed by atoms with Crippen molar-refractivity contribution in [1.29, 1.82) is 0 Å². The smallest absolute Gasteiger partial charge is 0.460 e. The van der Waals surface area contributed by atoms with E-state index in [1.807, 2.05) is 0 Å². The number of ether oxygens (including phenoxy) is 1. The van der Waals surface area contributed by atoms with Crippen molar-refractivity contribution in [2.45, 2.75) is 78.1 Å². The Morgan fingerprint density at radius 3 is 1.90 bits per heavy atom. The quantitative estimate of drug-likeness (QED) is 0.0898. The first-order chi connectivity index (χ1) is 14.1. The van der Waals surface area contributed by atoms with Crippen LogP contribution in [0.25, 0.3) is 0 Å². The first kappa shape index (κ1) is 29.3. The Balaban J connectivity index is 3.75. The maximum atomic E-state index is 11.9. The minimum absolute atomic E-state index is 0.125. The second-order valence-corrected chi connectivity index (χ2v) is 10.1. The van der Waals surface area contributed by atoms with Crippen molar-refractivity contribution in [3.8, 4) is 0 Å². The molecule has 0 aliphatic rings. The van der Waals surface area contributed by atoms with Crippen LogP contribution >= 0.6 is 7.82 Å². The van der Waals surface area contributed by atoms with Crippen LogP contribution in [0.15, 0.2) is 12.2 Å². The molecule has 7 nitrogen and oxygen atoms in total. The number of unbranched alkanes of at least 4 members (excludes halogenated alkanes) is 9. The van der Waals surface area contributed by atoms with Gasteiger partial charge in [0.25, 0.3) is 0 Å². The minimum atomic E-state index is -4.14. The molecule has 0 heterocycles. The number of rotatable bonds is 20. The highest BCUT2D eigenvalue weighted by atomic mass is 31.2. The average molecular weight is 451 g/mol. The summed E-state index contributed by atoms with van der Waals surface area (Å²) in [5, 5.41) is 0. The van der Waals surface area contributed by atoms with Gasteiger partial charge in [-0.25, -0.2) is 9.36 Å². The molecule has 0 aliphatic heterocycles. The number of nitrogens with zero attached hydrogens (tertiary/aromatic N) is 1. The van der Waals surface area contributed by atoms with Crippen LogP contribution in [0.3, 0.4) is 0 Å². The van der Waals surface area contributed by atoms with Crippen molar-refractivity contribution in [3.05, 3.63) is 12.2 Å². The van der Waals surface area contributed by atoms with Gasteiger partial charge in [0.2, 0.25) is 0 Å². The number of likely N-dealkylation sites (N-methyl/N-ethyl adjacent to an activating group) is 1. The Morgan fingerprint density at radius 2 is 1.37 bits per heavy atom. The van der Waals surface area contributed by atoms with E-state index in [9.17, 15) is 14.3 Å². The Bertz CT molecular complexity index is 524. The van der Waals surface area contributed by atoms with Gasteiger partial charge in [-0.2, -0.15) is 0 Å². The third-order valence-corrected chi connectivity index (χ3v) is 6.01. The first-order valence-electron chi connectivity index (χ1n) is 11.4. The predicted octanol–water partition coefficient (Wildman–Crippen LogP) is 5.24. The molecule has 0 aromatic carbocycles. The molecule has 1 atom stereocenters. The van der Waals surface area contributed by atoms with Gasteiger partial charge < -0.3 is 14.1 Å². The molecule has 0 bridgehead atoms. The molecule has 0 aromatic rings. The summed E-state index contributed by atoms with van der Waals surface area (Å²) in [7, 11) is 0.0484. The van der Waals surface area contributed by atoms with Gasteiger partial charge in [0.05, 0.1) is 27.2 Å². The molecule has 1 unspecified atom stereocenters. The molecular formula is C22H45NO6P+. The second kappa shape index (κ2) is 16.9. The fourth-order valence-corrected chi connectivity index (χ4v) is 3.68. The van der Waals surface area contributed by atoms with E-state index < -0.39 is 13.8 Å². The third-order valence-electron chi connectivity index (χ3n) is 4.99. The Labute approximate surface area is 184 Å². The van der Waals surface area contributed by atoms with E-state index in [4.69, 9.17) is 13.8 Å². The highest BCUT2D eigenvalue weighted by Gasteiger charge is 2.23. The third kappa shape index (κ3) is 18.1. The van der Waals surface area contributed by atoms with Crippen LogP contribution in [-0.4, -0.2) is 62.4 Å². The molecular weight excluding hydrogens is 405 g/mol. The number of carbonyl (C=O) groups is 1. The number of phosphoric acid groups is 1. The lowest BCUT2D eigenvalue weighted by molar-refractivity contribution is -0.890. The number of esters is 1. The van der Waals surface area contributed by atoms with E-state index in [1.54, 1.807) is 0 Å². The molecule has 0 fully saturated rings. The van der Waals surface area contributed by atoms with Crippen molar-refractivity contribution in [2.24, 2.45) is 0 Å². The lowest BCUT2D eigenvalue weighted by Gasteiger charge is -2.29. The zero-order valence-corrected chi connectivity index (χ0v) is 20.6. The van der Waals surface area contributed by atoms with Gasteiger partial charge in [-0.05, 0) is 19.8 Å². The van der Waals surface area contributed by atoms with Crippen molar-refractivity contribution >= 4 is 13.8 Å². The van der Waals surface area contributed by atoms with Gasteiger partial charge in [0.1, 0.15) is 19.8 Å². The number of phosphoric ester groups is 1. The molecule has 30 heavy (non-hydrogen) atoms. The van der Waals surface area contributed by atoms with Crippen molar-refractivity contribution < 1.29 is 32.5 Å². The van der Waals surface area contributed by atoms with E-state index in [0.717, 1.165) is 17.4 Å². The summed E-state index contributed by atoms with van der Waals surface area (Å²) < 4.78 is 27.3. The topological polar surface area (TPSA) is 82.1 Å². The Hall–Kier alpha value is -0.720. The van der Waals surface area contributed by atoms with E-state index in [2.05, 4.69) is 27.6 Å². The SMILES string of the molecule is C=C(C)C(=O)OCCOP(=O)(O)OCC[N+](C)(C)CCCCCCCCCCCC. The molecule has 0 aliphatic carbocycles. The Morgan fingerprint density at radius 1 is 0.867 bits per heavy atom. The van der Waals surface area contributed by atoms with Crippen molar-refractivity contribution in [3.63, 3.8) is 0 Å². The summed E-state index contributed by atoms with van der Waals surface area (Å²) in [6, 6.07) is 0. The maximum Gasteiger partial charge on any atom is 0.472 e. The molecule has 0 spiro atoms. The summed E-state index contributed by atoms with van der Waals surface area (Å²) in [5.41, 5.74) is 0.265. The monoisotopic (exact) mass is 450 g/mol. The summed E-state index contributed by atoms with van der Waals surface area (Å²) in [4.78, 5) is 20.9. The highest BCUT2D eigenvalue weighted by Crippen LogP contribution is 2.42. The number of hydrogen-bond acceptors (Lipinski definition) is 5. The van der Waals surface area contributed by atoms with E-state index in [0.29, 0.717) is 6.54 Å². The summed E-state index contributed by atoms with van der Waals surface area (Å²) >= 11 is 0. The fourth-order valence-electron chi connectivity index (χ4n) is 2.99. The summed E-state index contributed by atoms with van der Waals surface area (Å²) in [6.45, 7) is 8.65. The van der Waals surface area contributed by atoms with Gasteiger partial charge in [-0.1, -0.05) is 64.9 Å². The molecule has 178 valence electrons. The van der Waals surface area contributed by atoms with Crippen LogP contribution in [-0.2, 0) is 23.1 Å². The van der Waals surface area contributed by atoms with Gasteiger partial charge in [0.15, 0.2) is 0 Å². The van der Waals surface area contributed by atoms with Crippen LogP contribution in [0.1, 0.15) is 78.1 Å². The maximum absolute atomic E-state index is 11.9. The summed E-state index contributed by atoms with van der Waals surface area (Å²) in [6.07, 6.45) is 13.1. The molecule has 0 radical (unpaired) electrons. The van der Waals surface area contributed by atoms with Gasteiger partial charge in [-0.3, -0.25) is 9.05 Å². The molecule has 0 saturated carbocycles. The minimum Gasteiger partial charge on any atom is -0.460 e. The van der Waals surface area contributed by atoms with Gasteiger partial charge in [-0.15, -0.1) is 0 Å². The molecule has 0 amide bonds.